The average molecular weight is 378 g/mol. The minimum atomic E-state index is -0.599. The molecule has 0 bridgehead atoms. The number of nitrogens with one attached hydrogen (secondary N) is 1. The zero-order valence-electron chi connectivity index (χ0n) is 14.5. The third-order valence-corrected chi connectivity index (χ3v) is 3.83. The summed E-state index contributed by atoms with van der Waals surface area (Å²) in [5, 5.41) is 2.38. The van der Waals surface area contributed by atoms with Crippen molar-refractivity contribution in [1.29, 1.82) is 0 Å². The number of anilines is 1. The molecule has 0 radical (unpaired) electrons. The van der Waals surface area contributed by atoms with Gasteiger partial charge in [0.2, 0.25) is 0 Å². The highest BCUT2D eigenvalue weighted by Gasteiger charge is 2.19. The van der Waals surface area contributed by atoms with Gasteiger partial charge >= 0.3 is 0 Å². The van der Waals surface area contributed by atoms with Crippen LogP contribution in [0.4, 0.5) is 10.1 Å². The molecule has 2 rings (SSSR count). The van der Waals surface area contributed by atoms with E-state index in [0.717, 1.165) is 11.6 Å². The molecule has 26 heavy (non-hydrogen) atoms. The summed E-state index contributed by atoms with van der Waals surface area (Å²) in [7, 11) is 0. The quantitative estimate of drug-likeness (QED) is 0.765. The number of amides is 1. The standard InChI is InChI=1S/C19H17ClFNO4/c1-10-6-14(11(2)23)19(15(7-10)12(3)24)26-9-18(25)22-13-4-5-17(21)16(20)8-13/h4-8H,9H2,1-3H3,(H,22,25). The molecule has 7 heteroatoms. The Balaban J connectivity index is 2.20. The normalized spacial score (nSPS) is 10.3. The lowest BCUT2D eigenvalue weighted by molar-refractivity contribution is -0.118. The fourth-order valence-corrected chi connectivity index (χ4v) is 2.54. The molecule has 0 aliphatic carbocycles. The van der Waals surface area contributed by atoms with Gasteiger partial charge < -0.3 is 10.1 Å². The molecule has 0 heterocycles. The van der Waals surface area contributed by atoms with E-state index in [0.29, 0.717) is 5.69 Å². The molecule has 1 N–H and O–H groups in total. The maximum atomic E-state index is 13.1. The van der Waals surface area contributed by atoms with E-state index in [9.17, 15) is 18.8 Å². The van der Waals surface area contributed by atoms with Crippen molar-refractivity contribution in [2.24, 2.45) is 0 Å². The molecular formula is C19H17ClFNO4. The SMILES string of the molecule is CC(=O)c1cc(C)cc(C(C)=O)c1OCC(=O)Nc1ccc(F)c(Cl)c1. The number of ketones is 2. The molecule has 5 nitrogen and oxygen atoms in total. The first-order chi connectivity index (χ1) is 12.2. The van der Waals surface area contributed by atoms with Gasteiger partial charge in [0.15, 0.2) is 18.2 Å². The largest absolute Gasteiger partial charge is 0.482 e. The van der Waals surface area contributed by atoms with E-state index in [2.05, 4.69) is 5.32 Å². The Morgan fingerprint density at radius 1 is 1.08 bits per heavy atom. The number of ether oxygens (including phenoxy) is 1. The Hall–Kier alpha value is -2.73. The Morgan fingerprint density at radius 2 is 1.65 bits per heavy atom. The van der Waals surface area contributed by atoms with Crippen LogP contribution in [0.1, 0.15) is 40.1 Å². The van der Waals surface area contributed by atoms with Gasteiger partial charge in [-0.25, -0.2) is 4.39 Å². The highest BCUT2D eigenvalue weighted by atomic mass is 35.5. The number of rotatable bonds is 6. The molecule has 0 aliphatic heterocycles. The molecule has 0 fully saturated rings. The molecule has 0 unspecified atom stereocenters. The van der Waals surface area contributed by atoms with Gasteiger partial charge in [-0.1, -0.05) is 11.6 Å². The predicted octanol–water partition coefficient (Wildman–Crippen LogP) is 4.21. The number of Topliss-reactive ketones (excluding diaryl/α,β-unsaturated/α-hetero) is 2. The van der Waals surface area contributed by atoms with Crippen molar-refractivity contribution in [2.75, 3.05) is 11.9 Å². The molecule has 0 saturated heterocycles. The summed E-state index contributed by atoms with van der Waals surface area (Å²) in [4.78, 5) is 35.8. The minimum absolute atomic E-state index is 0.0721. The lowest BCUT2D eigenvalue weighted by atomic mass is 10.00. The molecule has 0 saturated carbocycles. The van der Waals surface area contributed by atoms with Gasteiger partial charge in [-0.3, -0.25) is 14.4 Å². The molecule has 136 valence electrons. The Morgan fingerprint density at radius 3 is 2.15 bits per heavy atom. The minimum Gasteiger partial charge on any atom is -0.482 e. The second-order valence-corrected chi connectivity index (χ2v) is 6.17. The lowest BCUT2D eigenvalue weighted by Crippen LogP contribution is -2.21. The number of aryl methyl sites for hydroxylation is 1. The molecular weight excluding hydrogens is 361 g/mol. The molecule has 1 amide bonds. The van der Waals surface area contributed by atoms with Crippen LogP contribution in [0.5, 0.6) is 5.75 Å². The Bertz CT molecular complexity index is 860. The number of benzene rings is 2. The molecule has 0 aliphatic rings. The summed E-state index contributed by atoms with van der Waals surface area (Å²) >= 11 is 5.66. The van der Waals surface area contributed by atoms with Crippen LogP contribution in [-0.4, -0.2) is 24.1 Å². The summed E-state index contributed by atoms with van der Waals surface area (Å²) in [6.07, 6.45) is 0. The second kappa shape index (κ2) is 8.10. The molecule has 0 atom stereocenters. The Kier molecular flexibility index (Phi) is 6.10. The van der Waals surface area contributed by atoms with E-state index in [1.54, 1.807) is 19.1 Å². The Labute approximate surface area is 155 Å². The van der Waals surface area contributed by atoms with Gasteiger partial charge in [-0.2, -0.15) is 0 Å². The van der Waals surface area contributed by atoms with Crippen molar-refractivity contribution in [2.45, 2.75) is 20.8 Å². The van der Waals surface area contributed by atoms with Crippen molar-refractivity contribution in [3.8, 4) is 5.75 Å². The second-order valence-electron chi connectivity index (χ2n) is 5.77. The first kappa shape index (κ1) is 19.6. The third kappa shape index (κ3) is 4.67. The fraction of sp³-hybridized carbons (Fsp3) is 0.211. The molecule has 2 aromatic carbocycles. The third-order valence-electron chi connectivity index (χ3n) is 3.54. The van der Waals surface area contributed by atoms with Crippen LogP contribution in [0, 0.1) is 12.7 Å². The monoisotopic (exact) mass is 377 g/mol. The van der Waals surface area contributed by atoms with Crippen molar-refractivity contribution in [3.05, 3.63) is 57.9 Å². The molecule has 2 aromatic rings. The zero-order valence-corrected chi connectivity index (χ0v) is 15.2. The van der Waals surface area contributed by atoms with E-state index >= 15 is 0 Å². The smallest absolute Gasteiger partial charge is 0.262 e. The van der Waals surface area contributed by atoms with E-state index in [1.165, 1.54) is 26.0 Å². The number of hydrogen-bond acceptors (Lipinski definition) is 4. The summed E-state index contributed by atoms with van der Waals surface area (Å²) < 4.78 is 18.6. The van der Waals surface area contributed by atoms with Gasteiger partial charge in [-0.15, -0.1) is 0 Å². The van der Waals surface area contributed by atoms with Gasteiger partial charge in [0.1, 0.15) is 11.6 Å². The van der Waals surface area contributed by atoms with Crippen molar-refractivity contribution < 1.29 is 23.5 Å². The van der Waals surface area contributed by atoms with Gasteiger partial charge in [0.05, 0.1) is 16.1 Å². The topological polar surface area (TPSA) is 72.5 Å². The number of carbonyl (C=O) groups is 3. The van der Waals surface area contributed by atoms with Crippen LogP contribution in [0.3, 0.4) is 0 Å². The number of hydrogen-bond donors (Lipinski definition) is 1. The predicted molar refractivity (Wildman–Crippen MR) is 96.7 cm³/mol. The van der Waals surface area contributed by atoms with Gasteiger partial charge in [0, 0.05) is 5.69 Å². The number of halogens is 2. The average Bonchev–Trinajstić information content (AvgIpc) is 2.56. The van der Waals surface area contributed by atoms with Crippen LogP contribution >= 0.6 is 11.6 Å². The van der Waals surface area contributed by atoms with Gasteiger partial charge in [-0.05, 0) is 56.7 Å². The summed E-state index contributed by atoms with van der Waals surface area (Å²) in [6, 6.07) is 6.94. The number of carbonyl (C=O) groups excluding carboxylic acids is 3. The fourth-order valence-electron chi connectivity index (χ4n) is 2.36. The summed E-state index contributed by atoms with van der Waals surface area (Å²) in [5.74, 6) is -1.63. The van der Waals surface area contributed by atoms with E-state index in [1.807, 2.05) is 0 Å². The maximum Gasteiger partial charge on any atom is 0.262 e. The summed E-state index contributed by atoms with van der Waals surface area (Å²) in [5.41, 5.74) is 1.49. The van der Waals surface area contributed by atoms with E-state index < -0.39 is 18.3 Å². The first-order valence-electron chi connectivity index (χ1n) is 7.73. The van der Waals surface area contributed by atoms with E-state index in [4.69, 9.17) is 16.3 Å². The van der Waals surface area contributed by atoms with Crippen molar-refractivity contribution >= 4 is 34.8 Å². The first-order valence-corrected chi connectivity index (χ1v) is 8.11. The highest BCUT2D eigenvalue weighted by molar-refractivity contribution is 6.31. The molecule has 0 aromatic heterocycles. The van der Waals surface area contributed by atoms with Crippen LogP contribution in [0.25, 0.3) is 0 Å². The van der Waals surface area contributed by atoms with Crippen LogP contribution in [0.2, 0.25) is 5.02 Å². The lowest BCUT2D eigenvalue weighted by Gasteiger charge is -2.14. The van der Waals surface area contributed by atoms with Gasteiger partial charge in [0.25, 0.3) is 5.91 Å². The van der Waals surface area contributed by atoms with Crippen molar-refractivity contribution in [1.82, 2.24) is 0 Å². The highest BCUT2D eigenvalue weighted by Crippen LogP contribution is 2.27. The van der Waals surface area contributed by atoms with Crippen LogP contribution in [0.15, 0.2) is 30.3 Å². The van der Waals surface area contributed by atoms with Crippen LogP contribution in [-0.2, 0) is 4.79 Å². The van der Waals surface area contributed by atoms with Crippen LogP contribution < -0.4 is 10.1 Å². The van der Waals surface area contributed by atoms with E-state index in [-0.39, 0.29) is 33.5 Å². The maximum absolute atomic E-state index is 13.1. The summed E-state index contributed by atoms with van der Waals surface area (Å²) in [6.45, 7) is 4.03. The van der Waals surface area contributed by atoms with Crippen molar-refractivity contribution in [3.63, 3.8) is 0 Å². The zero-order chi connectivity index (χ0) is 19.4. The molecule has 0 spiro atoms.